The maximum atomic E-state index is 10.6. The van der Waals surface area contributed by atoms with Crippen LogP contribution in [0.5, 0.6) is 17.2 Å². The normalized spacial score (nSPS) is 10.6. The Morgan fingerprint density at radius 1 is 1.21 bits per heavy atom. The molecule has 24 heavy (non-hydrogen) atoms. The summed E-state index contributed by atoms with van der Waals surface area (Å²) in [5, 5.41) is 8.72. The Morgan fingerprint density at radius 3 is 2.50 bits per heavy atom. The molecule has 2 aromatic carbocycles. The third-order valence-corrected chi connectivity index (χ3v) is 3.62. The minimum absolute atomic E-state index is 0.335. The van der Waals surface area contributed by atoms with E-state index < -0.39 is 12.6 Å². The number of benzene rings is 2. The fourth-order valence-corrected chi connectivity index (χ4v) is 2.48. The average Bonchev–Trinajstić information content (AvgIpc) is 2.58. The summed E-state index contributed by atoms with van der Waals surface area (Å²) in [5.74, 6) is 0.454. The first kappa shape index (κ1) is 17.8. The van der Waals surface area contributed by atoms with Crippen LogP contribution in [0, 0.1) is 0 Å². The van der Waals surface area contributed by atoms with Gasteiger partial charge in [0.2, 0.25) is 0 Å². The molecule has 0 saturated heterocycles. The van der Waals surface area contributed by atoms with Crippen molar-refractivity contribution >= 4 is 33.8 Å². The molecule has 126 valence electrons. The van der Waals surface area contributed by atoms with Crippen LogP contribution in [-0.2, 0) is 4.79 Å². The minimum atomic E-state index is -1.06. The number of halogens is 1. The number of ether oxygens (including phenoxy) is 3. The number of carboxylic acids is 1. The van der Waals surface area contributed by atoms with E-state index in [0.29, 0.717) is 16.0 Å². The highest BCUT2D eigenvalue weighted by atomic mass is 79.9. The third-order valence-electron chi connectivity index (χ3n) is 3.03. The number of nitrogens with zero attached hydrogens (tertiary/aromatic N) is 1. The lowest BCUT2D eigenvalue weighted by atomic mass is 10.2. The number of hydrogen-bond donors (Lipinski definition) is 1. The van der Waals surface area contributed by atoms with Crippen LogP contribution in [0.2, 0.25) is 0 Å². The first-order valence-corrected chi connectivity index (χ1v) is 7.73. The minimum Gasteiger partial charge on any atom is -0.497 e. The van der Waals surface area contributed by atoms with E-state index in [4.69, 9.17) is 19.3 Å². The summed E-state index contributed by atoms with van der Waals surface area (Å²) in [6.45, 7) is -0.450. The molecule has 0 aromatic heterocycles. The van der Waals surface area contributed by atoms with Crippen molar-refractivity contribution in [3.63, 3.8) is 0 Å². The van der Waals surface area contributed by atoms with Crippen molar-refractivity contribution < 1.29 is 24.1 Å². The zero-order valence-electron chi connectivity index (χ0n) is 13.2. The van der Waals surface area contributed by atoms with Crippen molar-refractivity contribution in [2.45, 2.75) is 0 Å². The van der Waals surface area contributed by atoms with Crippen molar-refractivity contribution in [2.75, 3.05) is 20.8 Å². The fourth-order valence-electron chi connectivity index (χ4n) is 1.91. The molecule has 0 amide bonds. The Kier molecular flexibility index (Phi) is 6.20. The Morgan fingerprint density at radius 2 is 1.92 bits per heavy atom. The topological polar surface area (TPSA) is 77.4 Å². The highest BCUT2D eigenvalue weighted by Crippen LogP contribution is 2.36. The maximum absolute atomic E-state index is 10.6. The lowest BCUT2D eigenvalue weighted by Gasteiger charge is -2.12. The first-order chi connectivity index (χ1) is 11.5. The number of hydrogen-bond acceptors (Lipinski definition) is 5. The number of carboxylic acid groups (broad SMARTS) is 1. The van der Waals surface area contributed by atoms with E-state index in [1.807, 2.05) is 24.3 Å². The van der Waals surface area contributed by atoms with Crippen molar-refractivity contribution in [1.29, 1.82) is 0 Å². The van der Waals surface area contributed by atoms with Gasteiger partial charge in [0.15, 0.2) is 18.1 Å². The summed E-state index contributed by atoms with van der Waals surface area (Å²) < 4.78 is 16.2. The second kappa shape index (κ2) is 8.35. The largest absolute Gasteiger partial charge is 0.497 e. The molecule has 0 spiro atoms. The van der Waals surface area contributed by atoms with Crippen LogP contribution in [0.3, 0.4) is 0 Å². The number of rotatable bonds is 7. The van der Waals surface area contributed by atoms with Gasteiger partial charge in [-0.2, -0.15) is 0 Å². The standard InChI is InChI=1S/C17H16BrNO5/c1-22-13-5-3-12(4-6-13)19-9-11-7-14(18)17(15(8-11)23-2)24-10-16(20)21/h3-9H,10H2,1-2H3,(H,20,21). The van der Waals surface area contributed by atoms with Gasteiger partial charge in [0, 0.05) is 6.21 Å². The molecule has 7 heteroatoms. The van der Waals surface area contributed by atoms with Gasteiger partial charge < -0.3 is 19.3 Å². The van der Waals surface area contributed by atoms with Crippen molar-refractivity contribution in [2.24, 2.45) is 4.99 Å². The van der Waals surface area contributed by atoms with E-state index >= 15 is 0 Å². The third kappa shape index (κ3) is 4.73. The molecule has 1 N–H and O–H groups in total. The van der Waals surface area contributed by atoms with Crippen LogP contribution >= 0.6 is 15.9 Å². The van der Waals surface area contributed by atoms with Gasteiger partial charge in [-0.3, -0.25) is 4.99 Å². The van der Waals surface area contributed by atoms with Gasteiger partial charge in [-0.05, 0) is 57.9 Å². The smallest absolute Gasteiger partial charge is 0.341 e. The van der Waals surface area contributed by atoms with E-state index in [1.165, 1.54) is 7.11 Å². The molecule has 2 aromatic rings. The Balaban J connectivity index is 2.22. The molecule has 0 atom stereocenters. The lowest BCUT2D eigenvalue weighted by Crippen LogP contribution is -2.10. The summed E-state index contributed by atoms with van der Waals surface area (Å²) in [6, 6.07) is 10.8. The summed E-state index contributed by atoms with van der Waals surface area (Å²) in [6.07, 6.45) is 1.68. The first-order valence-electron chi connectivity index (χ1n) is 6.93. The molecule has 0 bridgehead atoms. The van der Waals surface area contributed by atoms with E-state index in [-0.39, 0.29) is 0 Å². The molecule has 6 nitrogen and oxygen atoms in total. The summed E-state index contributed by atoms with van der Waals surface area (Å²) in [5.41, 5.74) is 1.55. The molecular formula is C17H16BrNO5. The molecular weight excluding hydrogens is 378 g/mol. The fraction of sp³-hybridized carbons (Fsp3) is 0.176. The van der Waals surface area contributed by atoms with E-state index in [2.05, 4.69) is 20.9 Å². The zero-order valence-corrected chi connectivity index (χ0v) is 14.7. The van der Waals surface area contributed by atoms with Crippen LogP contribution in [0.1, 0.15) is 5.56 Å². The molecule has 0 unspecified atom stereocenters. The molecule has 0 fully saturated rings. The predicted molar refractivity (Wildman–Crippen MR) is 94.1 cm³/mol. The van der Waals surface area contributed by atoms with Gasteiger partial charge in [-0.15, -0.1) is 0 Å². The number of carbonyl (C=O) groups is 1. The zero-order chi connectivity index (χ0) is 17.5. The van der Waals surface area contributed by atoms with Gasteiger partial charge >= 0.3 is 5.97 Å². The summed E-state index contributed by atoms with van der Waals surface area (Å²) in [7, 11) is 3.09. The molecule has 0 aliphatic carbocycles. The van der Waals surface area contributed by atoms with Crippen molar-refractivity contribution in [3.8, 4) is 17.2 Å². The average molecular weight is 394 g/mol. The van der Waals surface area contributed by atoms with Crippen LogP contribution < -0.4 is 14.2 Å². The Hall–Kier alpha value is -2.54. The van der Waals surface area contributed by atoms with Crippen molar-refractivity contribution in [3.05, 3.63) is 46.4 Å². The Labute approximate surface area is 147 Å². The van der Waals surface area contributed by atoms with Gasteiger partial charge in [-0.25, -0.2) is 4.79 Å². The Bertz CT molecular complexity index is 743. The van der Waals surface area contributed by atoms with E-state index in [0.717, 1.165) is 17.0 Å². The molecule has 0 saturated carbocycles. The predicted octanol–water partition coefficient (Wildman–Crippen LogP) is 3.68. The second-order valence-electron chi connectivity index (χ2n) is 4.67. The number of aliphatic imine (C=N–C) groups is 1. The highest BCUT2D eigenvalue weighted by Gasteiger charge is 2.12. The van der Waals surface area contributed by atoms with Crippen LogP contribution in [0.4, 0.5) is 5.69 Å². The second-order valence-corrected chi connectivity index (χ2v) is 5.53. The summed E-state index contributed by atoms with van der Waals surface area (Å²) >= 11 is 3.36. The van der Waals surface area contributed by atoms with Crippen LogP contribution in [0.25, 0.3) is 0 Å². The van der Waals surface area contributed by atoms with Gasteiger partial charge in [0.1, 0.15) is 5.75 Å². The van der Waals surface area contributed by atoms with Crippen LogP contribution in [-0.4, -0.2) is 38.1 Å². The lowest BCUT2D eigenvalue weighted by molar-refractivity contribution is -0.139. The molecule has 0 heterocycles. The van der Waals surface area contributed by atoms with E-state index in [9.17, 15) is 4.79 Å². The van der Waals surface area contributed by atoms with Gasteiger partial charge in [0.05, 0.1) is 24.4 Å². The molecule has 0 aliphatic rings. The molecule has 0 aliphatic heterocycles. The molecule has 0 radical (unpaired) electrons. The monoisotopic (exact) mass is 393 g/mol. The van der Waals surface area contributed by atoms with Gasteiger partial charge in [-0.1, -0.05) is 0 Å². The van der Waals surface area contributed by atoms with E-state index in [1.54, 1.807) is 25.5 Å². The van der Waals surface area contributed by atoms with Crippen molar-refractivity contribution in [1.82, 2.24) is 0 Å². The SMILES string of the molecule is COc1ccc(N=Cc2cc(Br)c(OCC(=O)O)c(OC)c2)cc1. The summed E-state index contributed by atoms with van der Waals surface area (Å²) in [4.78, 5) is 15.0. The van der Waals surface area contributed by atoms with Gasteiger partial charge in [0.25, 0.3) is 0 Å². The maximum Gasteiger partial charge on any atom is 0.341 e. The van der Waals surface area contributed by atoms with Crippen LogP contribution in [0.15, 0.2) is 45.9 Å². The highest BCUT2D eigenvalue weighted by molar-refractivity contribution is 9.10. The molecule has 2 rings (SSSR count). The number of methoxy groups -OCH3 is 2. The number of aliphatic carboxylic acids is 1. The quantitative estimate of drug-likeness (QED) is 0.725.